The van der Waals surface area contributed by atoms with Crippen molar-refractivity contribution in [2.75, 3.05) is 0 Å². The van der Waals surface area contributed by atoms with Crippen LogP contribution in [0.1, 0.15) is 74.9 Å². The van der Waals surface area contributed by atoms with Crippen molar-refractivity contribution in [3.8, 4) is 23.0 Å². The third-order valence-electron chi connectivity index (χ3n) is 9.74. The molecule has 0 aliphatic carbocycles. The predicted molar refractivity (Wildman–Crippen MR) is 197 cm³/mol. The minimum Gasteiger partial charge on any atom is -0.457 e. The molecule has 0 aliphatic rings. The first-order chi connectivity index (χ1) is 21.7. The smallest absolute Gasteiger partial charge is 0.136 e. The van der Waals surface area contributed by atoms with E-state index in [1.807, 2.05) is 0 Å². The molecule has 0 fully saturated rings. The molecule has 7 rings (SSSR count). The summed E-state index contributed by atoms with van der Waals surface area (Å²) >= 11 is 0. The van der Waals surface area contributed by atoms with Gasteiger partial charge in [-0.05, 0) is 130 Å². The summed E-state index contributed by atoms with van der Waals surface area (Å²) in [4.78, 5) is 0. The van der Waals surface area contributed by atoms with Crippen LogP contribution in [-0.2, 0) is 10.8 Å². The Kier molecular flexibility index (Phi) is 6.87. The van der Waals surface area contributed by atoms with Crippen LogP contribution in [0.15, 0.2) is 84.9 Å². The molecule has 0 aliphatic heterocycles. The Hall–Kier alpha value is -4.56. The lowest BCUT2D eigenvalue weighted by molar-refractivity contribution is 0.486. The third kappa shape index (κ3) is 4.87. The first-order valence-corrected chi connectivity index (χ1v) is 16.4. The van der Waals surface area contributed by atoms with Crippen LogP contribution in [0.4, 0.5) is 0 Å². The zero-order valence-electron chi connectivity index (χ0n) is 28.9. The van der Waals surface area contributed by atoms with E-state index in [1.165, 1.54) is 65.7 Å². The number of rotatable bonds is 4. The van der Waals surface area contributed by atoms with Crippen molar-refractivity contribution in [1.29, 1.82) is 0 Å². The van der Waals surface area contributed by atoms with Gasteiger partial charge in [0.25, 0.3) is 0 Å². The van der Waals surface area contributed by atoms with Gasteiger partial charge in [0.05, 0.1) is 0 Å². The van der Waals surface area contributed by atoms with Crippen molar-refractivity contribution in [3.05, 3.63) is 118 Å². The Balaban J connectivity index is 1.53. The van der Waals surface area contributed by atoms with E-state index in [0.717, 1.165) is 33.8 Å². The van der Waals surface area contributed by atoms with E-state index < -0.39 is 0 Å². The van der Waals surface area contributed by atoms with Gasteiger partial charge in [-0.25, -0.2) is 0 Å². The van der Waals surface area contributed by atoms with Crippen molar-refractivity contribution >= 4 is 43.1 Å². The minimum absolute atomic E-state index is 0.0833. The molecule has 0 bridgehead atoms. The molecule has 0 aromatic heterocycles. The van der Waals surface area contributed by atoms with Crippen LogP contribution < -0.4 is 9.47 Å². The maximum Gasteiger partial charge on any atom is 0.136 e. The average Bonchev–Trinajstić information content (AvgIpc) is 2.98. The molecule has 0 saturated carbocycles. The van der Waals surface area contributed by atoms with E-state index in [9.17, 15) is 0 Å². The molecule has 2 heteroatoms. The van der Waals surface area contributed by atoms with Gasteiger partial charge in [-0.3, -0.25) is 0 Å². The Bertz CT molecular complexity index is 2110. The van der Waals surface area contributed by atoms with E-state index in [4.69, 9.17) is 9.47 Å². The van der Waals surface area contributed by atoms with Crippen LogP contribution in [0, 0.1) is 27.7 Å². The van der Waals surface area contributed by atoms with Crippen molar-refractivity contribution in [3.63, 3.8) is 0 Å². The van der Waals surface area contributed by atoms with Gasteiger partial charge in [0, 0.05) is 21.5 Å². The highest BCUT2D eigenvalue weighted by molar-refractivity contribution is 6.36. The summed E-state index contributed by atoms with van der Waals surface area (Å²) in [6.07, 6.45) is 0. The summed E-state index contributed by atoms with van der Waals surface area (Å²) in [6, 6.07) is 30.7. The summed E-state index contributed by atoms with van der Waals surface area (Å²) in [5.74, 6) is 3.47. The van der Waals surface area contributed by atoms with E-state index in [1.54, 1.807) is 0 Å². The highest BCUT2D eigenvalue weighted by Crippen LogP contribution is 2.51. The maximum atomic E-state index is 6.83. The van der Waals surface area contributed by atoms with Crippen LogP contribution in [0.5, 0.6) is 23.0 Å². The van der Waals surface area contributed by atoms with Crippen LogP contribution in [0.2, 0.25) is 0 Å². The highest BCUT2D eigenvalue weighted by Gasteiger charge is 2.24. The van der Waals surface area contributed by atoms with Crippen molar-refractivity contribution in [2.45, 2.75) is 80.1 Å². The standard InChI is InChI=1S/C44H44O2/c1-25-11-21-33-40-36(46-32-19-15-30(16-20-32)44(8,9)10)24-28(4)38-26(2)12-22-34(42(38)40)39-35(23-27(3)37(25)41(33)39)45-31-17-13-29(14-18-31)43(5,6)7/h11-24H,1-10H3. The predicted octanol–water partition coefficient (Wildman–Crippen LogP) is 13.2. The van der Waals surface area contributed by atoms with Crippen LogP contribution >= 0.6 is 0 Å². The van der Waals surface area contributed by atoms with E-state index in [2.05, 4.69) is 154 Å². The first-order valence-electron chi connectivity index (χ1n) is 16.4. The van der Waals surface area contributed by atoms with Gasteiger partial charge >= 0.3 is 0 Å². The molecule has 0 amide bonds. The third-order valence-corrected chi connectivity index (χ3v) is 9.74. The van der Waals surface area contributed by atoms with Crippen LogP contribution in [0.25, 0.3) is 43.1 Å². The normalized spacial score (nSPS) is 12.6. The number of fused-ring (bicyclic) bond motifs is 2. The molecule has 7 aromatic carbocycles. The second-order valence-electron chi connectivity index (χ2n) is 15.2. The van der Waals surface area contributed by atoms with E-state index in [0.29, 0.717) is 0 Å². The molecular weight excluding hydrogens is 560 g/mol. The van der Waals surface area contributed by atoms with Gasteiger partial charge in [-0.15, -0.1) is 0 Å². The Morgan fingerprint density at radius 2 is 0.717 bits per heavy atom. The molecule has 2 nitrogen and oxygen atoms in total. The molecule has 0 atom stereocenters. The molecule has 0 heterocycles. The molecule has 0 spiro atoms. The van der Waals surface area contributed by atoms with E-state index in [-0.39, 0.29) is 10.8 Å². The first kappa shape index (κ1) is 30.1. The number of hydrogen-bond acceptors (Lipinski definition) is 2. The Labute approximate surface area is 273 Å². The summed E-state index contributed by atoms with van der Waals surface area (Å²) in [5.41, 5.74) is 7.69. The number of aryl methyl sites for hydroxylation is 4. The molecule has 232 valence electrons. The van der Waals surface area contributed by atoms with Gasteiger partial charge < -0.3 is 9.47 Å². The van der Waals surface area contributed by atoms with Gasteiger partial charge in [0.15, 0.2) is 0 Å². The molecule has 0 saturated heterocycles. The van der Waals surface area contributed by atoms with Gasteiger partial charge in [0.1, 0.15) is 23.0 Å². The van der Waals surface area contributed by atoms with Crippen LogP contribution in [0.3, 0.4) is 0 Å². The fraction of sp³-hybridized carbons (Fsp3) is 0.273. The summed E-state index contributed by atoms with van der Waals surface area (Å²) in [5, 5.41) is 9.72. The summed E-state index contributed by atoms with van der Waals surface area (Å²) in [6.45, 7) is 22.3. The summed E-state index contributed by atoms with van der Waals surface area (Å²) in [7, 11) is 0. The minimum atomic E-state index is 0.0833. The lowest BCUT2D eigenvalue weighted by atomic mass is 9.84. The zero-order chi connectivity index (χ0) is 32.7. The van der Waals surface area contributed by atoms with Crippen molar-refractivity contribution in [2.24, 2.45) is 0 Å². The number of benzene rings is 7. The monoisotopic (exact) mass is 604 g/mol. The molecule has 46 heavy (non-hydrogen) atoms. The molecule has 0 unspecified atom stereocenters. The number of hydrogen-bond donors (Lipinski definition) is 0. The van der Waals surface area contributed by atoms with E-state index >= 15 is 0 Å². The molecule has 0 radical (unpaired) electrons. The van der Waals surface area contributed by atoms with Gasteiger partial charge in [-0.2, -0.15) is 0 Å². The molecule has 0 N–H and O–H groups in total. The SMILES string of the molecule is Cc1ccc2c3c(Oc4ccc(C(C)(C)C)cc4)cc(C)c4c(C)ccc(c5c(Oc6ccc(C(C)(C)C)cc6)cc(C)c1c25)c43. The Morgan fingerprint density at radius 3 is 1.04 bits per heavy atom. The topological polar surface area (TPSA) is 18.5 Å². The van der Waals surface area contributed by atoms with Gasteiger partial charge in [0.2, 0.25) is 0 Å². The van der Waals surface area contributed by atoms with Gasteiger partial charge in [-0.1, -0.05) is 90.1 Å². The fourth-order valence-electron chi connectivity index (χ4n) is 7.29. The fourth-order valence-corrected chi connectivity index (χ4v) is 7.29. The van der Waals surface area contributed by atoms with Crippen molar-refractivity contribution < 1.29 is 9.47 Å². The van der Waals surface area contributed by atoms with Crippen molar-refractivity contribution in [1.82, 2.24) is 0 Å². The highest BCUT2D eigenvalue weighted by atomic mass is 16.5. The second-order valence-corrected chi connectivity index (χ2v) is 15.2. The quantitative estimate of drug-likeness (QED) is 0.147. The summed E-state index contributed by atoms with van der Waals surface area (Å²) < 4.78 is 13.7. The Morgan fingerprint density at radius 1 is 0.370 bits per heavy atom. The number of ether oxygens (including phenoxy) is 2. The zero-order valence-corrected chi connectivity index (χ0v) is 28.9. The maximum absolute atomic E-state index is 6.83. The molecule has 7 aromatic rings. The van der Waals surface area contributed by atoms with Crippen LogP contribution in [-0.4, -0.2) is 0 Å². The lowest BCUT2D eigenvalue weighted by Gasteiger charge is -2.23. The average molecular weight is 605 g/mol. The second kappa shape index (κ2) is 10.5. The molecular formula is C44H44O2. The largest absolute Gasteiger partial charge is 0.457 e. The lowest BCUT2D eigenvalue weighted by Crippen LogP contribution is -2.10.